The number of hydrogen-bond acceptors (Lipinski definition) is 4. The number of rotatable bonds is 7. The van der Waals surface area contributed by atoms with Crippen LogP contribution in [0.25, 0.3) is 0 Å². The van der Waals surface area contributed by atoms with E-state index in [9.17, 15) is 9.59 Å². The van der Waals surface area contributed by atoms with Gasteiger partial charge in [-0.15, -0.1) is 0 Å². The Morgan fingerprint density at radius 2 is 1.77 bits per heavy atom. The van der Waals surface area contributed by atoms with Gasteiger partial charge in [-0.05, 0) is 66.9 Å². The maximum absolute atomic E-state index is 13.2. The number of carbonyl (C=O) groups excluding carboxylic acids is 2. The first kappa shape index (κ1) is 21.9. The molecule has 0 aliphatic carbocycles. The van der Waals surface area contributed by atoms with E-state index in [2.05, 4.69) is 20.9 Å². The molecule has 3 rings (SSSR count). The molecular formula is C23H25BrN2O4. The number of benzene rings is 1. The smallest absolute Gasteiger partial charge is 0.340 e. The van der Waals surface area contributed by atoms with E-state index in [4.69, 9.17) is 9.15 Å². The molecule has 158 valence electrons. The van der Waals surface area contributed by atoms with Crippen LogP contribution in [0.1, 0.15) is 55.9 Å². The fourth-order valence-electron chi connectivity index (χ4n) is 3.37. The minimum Gasteiger partial charge on any atom is -0.462 e. The Morgan fingerprint density at radius 1 is 1.07 bits per heavy atom. The molecule has 0 fully saturated rings. The van der Waals surface area contributed by atoms with Gasteiger partial charge < -0.3 is 19.0 Å². The Kier molecular flexibility index (Phi) is 6.82. The lowest BCUT2D eigenvalue weighted by Gasteiger charge is -2.22. The Hall–Kier alpha value is -2.80. The van der Waals surface area contributed by atoms with Crippen LogP contribution in [-0.4, -0.2) is 28.4 Å². The molecule has 0 saturated heterocycles. The summed E-state index contributed by atoms with van der Waals surface area (Å²) in [6.07, 6.45) is 0. The van der Waals surface area contributed by atoms with Crippen LogP contribution in [0.4, 0.5) is 0 Å². The van der Waals surface area contributed by atoms with Crippen molar-refractivity contribution in [2.45, 2.75) is 40.8 Å². The van der Waals surface area contributed by atoms with Crippen LogP contribution in [0.3, 0.4) is 0 Å². The third-order valence-electron chi connectivity index (χ3n) is 4.93. The van der Waals surface area contributed by atoms with Crippen LogP contribution in [0.5, 0.6) is 0 Å². The second kappa shape index (κ2) is 9.34. The molecule has 0 saturated carbocycles. The van der Waals surface area contributed by atoms with Crippen LogP contribution < -0.4 is 0 Å². The summed E-state index contributed by atoms with van der Waals surface area (Å²) in [6, 6.07) is 11.4. The summed E-state index contributed by atoms with van der Waals surface area (Å²) >= 11 is 3.25. The topological polar surface area (TPSA) is 75.5 Å². The fourth-order valence-corrected chi connectivity index (χ4v) is 3.68. The van der Waals surface area contributed by atoms with Crippen molar-refractivity contribution in [3.8, 4) is 0 Å². The number of aromatic nitrogens is 1. The number of H-pyrrole nitrogens is 1. The van der Waals surface area contributed by atoms with Gasteiger partial charge in [-0.1, -0.05) is 29.8 Å². The molecule has 2 aromatic heterocycles. The van der Waals surface area contributed by atoms with Gasteiger partial charge in [0.05, 0.1) is 18.7 Å². The monoisotopic (exact) mass is 472 g/mol. The number of ether oxygens (including phenoxy) is 1. The molecule has 0 aliphatic rings. The summed E-state index contributed by atoms with van der Waals surface area (Å²) in [6.45, 7) is 8.51. The van der Waals surface area contributed by atoms with Crippen molar-refractivity contribution in [3.63, 3.8) is 0 Å². The lowest BCUT2D eigenvalue weighted by Crippen LogP contribution is -2.30. The molecule has 2 heterocycles. The number of halogens is 1. The summed E-state index contributed by atoms with van der Waals surface area (Å²) in [5.41, 5.74) is 4.99. The van der Waals surface area contributed by atoms with Gasteiger partial charge in [-0.3, -0.25) is 4.79 Å². The predicted octanol–water partition coefficient (Wildman–Crippen LogP) is 5.31. The molecule has 1 amide bonds. The molecule has 3 aromatic rings. The molecule has 0 radical (unpaired) electrons. The van der Waals surface area contributed by atoms with Gasteiger partial charge in [0.2, 0.25) is 0 Å². The van der Waals surface area contributed by atoms with Crippen molar-refractivity contribution in [2.75, 3.05) is 6.61 Å². The van der Waals surface area contributed by atoms with Crippen molar-refractivity contribution in [1.82, 2.24) is 9.88 Å². The highest BCUT2D eigenvalue weighted by molar-refractivity contribution is 9.10. The van der Waals surface area contributed by atoms with E-state index in [0.717, 1.165) is 28.1 Å². The zero-order valence-corrected chi connectivity index (χ0v) is 19.1. The molecule has 0 unspecified atom stereocenters. The first-order chi connectivity index (χ1) is 14.3. The molecule has 30 heavy (non-hydrogen) atoms. The van der Waals surface area contributed by atoms with Gasteiger partial charge in [-0.25, -0.2) is 4.79 Å². The van der Waals surface area contributed by atoms with E-state index < -0.39 is 0 Å². The van der Waals surface area contributed by atoms with E-state index in [1.54, 1.807) is 24.0 Å². The molecule has 0 aliphatic heterocycles. The summed E-state index contributed by atoms with van der Waals surface area (Å²) in [4.78, 5) is 30.5. The van der Waals surface area contributed by atoms with E-state index in [-0.39, 0.29) is 17.6 Å². The number of esters is 1. The number of nitrogens with zero attached hydrogens (tertiary/aromatic N) is 1. The number of hydrogen-bond donors (Lipinski definition) is 1. The average molecular weight is 473 g/mol. The first-order valence-electron chi connectivity index (χ1n) is 9.75. The highest BCUT2D eigenvalue weighted by Crippen LogP contribution is 2.23. The number of aromatic amines is 1. The van der Waals surface area contributed by atoms with Crippen molar-refractivity contribution in [1.29, 1.82) is 0 Å². The van der Waals surface area contributed by atoms with E-state index >= 15 is 0 Å². The van der Waals surface area contributed by atoms with E-state index in [1.807, 2.05) is 45.0 Å². The number of amides is 1. The van der Waals surface area contributed by atoms with Gasteiger partial charge in [-0.2, -0.15) is 0 Å². The third kappa shape index (κ3) is 4.84. The number of nitrogens with one attached hydrogen (secondary N) is 1. The van der Waals surface area contributed by atoms with Gasteiger partial charge in [0, 0.05) is 17.9 Å². The largest absolute Gasteiger partial charge is 0.462 e. The Labute approximate surface area is 184 Å². The summed E-state index contributed by atoms with van der Waals surface area (Å²) in [7, 11) is 0. The zero-order valence-electron chi connectivity index (χ0n) is 17.5. The highest BCUT2D eigenvalue weighted by atomic mass is 79.9. The van der Waals surface area contributed by atoms with Crippen LogP contribution >= 0.6 is 15.9 Å². The molecule has 0 atom stereocenters. The maximum Gasteiger partial charge on any atom is 0.340 e. The van der Waals surface area contributed by atoms with Crippen LogP contribution in [0, 0.1) is 20.8 Å². The maximum atomic E-state index is 13.2. The Morgan fingerprint density at radius 3 is 2.37 bits per heavy atom. The molecule has 0 bridgehead atoms. The minimum absolute atomic E-state index is 0.231. The molecule has 0 spiro atoms. The summed E-state index contributed by atoms with van der Waals surface area (Å²) in [5, 5.41) is 0. The molecule has 7 heteroatoms. The van der Waals surface area contributed by atoms with Crippen LogP contribution in [-0.2, 0) is 17.8 Å². The van der Waals surface area contributed by atoms with E-state index in [0.29, 0.717) is 29.9 Å². The second-order valence-corrected chi connectivity index (χ2v) is 7.98. The van der Waals surface area contributed by atoms with Crippen molar-refractivity contribution in [2.24, 2.45) is 0 Å². The Balaban J connectivity index is 1.92. The summed E-state index contributed by atoms with van der Waals surface area (Å²) < 4.78 is 11.2. The van der Waals surface area contributed by atoms with Gasteiger partial charge >= 0.3 is 5.97 Å². The Bertz CT molecular complexity index is 1050. The normalized spacial score (nSPS) is 10.8. The van der Waals surface area contributed by atoms with Crippen LogP contribution in [0.15, 0.2) is 45.5 Å². The standard InChI is InChI=1S/C23H25BrN2O4/c1-5-29-23(28)21-15(3)18(25-16(21)4)13-26(12-17-8-6-14(2)7-9-17)22(27)19-10-11-20(24)30-19/h6-11,25H,5,12-13H2,1-4H3. The SMILES string of the molecule is CCOC(=O)c1c(C)[nH]c(CN(Cc2ccc(C)cc2)C(=O)c2ccc(Br)o2)c1C. The van der Waals surface area contributed by atoms with Crippen molar-refractivity contribution < 1.29 is 18.7 Å². The molecular weight excluding hydrogens is 448 g/mol. The predicted molar refractivity (Wildman–Crippen MR) is 117 cm³/mol. The molecule has 1 aromatic carbocycles. The zero-order chi connectivity index (χ0) is 21.8. The number of aryl methyl sites for hydroxylation is 2. The van der Waals surface area contributed by atoms with Gasteiger partial charge in [0.1, 0.15) is 0 Å². The summed E-state index contributed by atoms with van der Waals surface area (Å²) in [5.74, 6) is -0.340. The van der Waals surface area contributed by atoms with Gasteiger partial charge in [0.15, 0.2) is 10.4 Å². The fraction of sp³-hybridized carbons (Fsp3) is 0.304. The third-order valence-corrected chi connectivity index (χ3v) is 5.36. The first-order valence-corrected chi connectivity index (χ1v) is 10.5. The number of furan rings is 1. The molecule has 1 N–H and O–H groups in total. The molecule has 6 nitrogen and oxygen atoms in total. The second-order valence-electron chi connectivity index (χ2n) is 7.20. The minimum atomic E-state index is -0.360. The lowest BCUT2D eigenvalue weighted by molar-refractivity contribution is 0.0525. The van der Waals surface area contributed by atoms with Crippen molar-refractivity contribution >= 4 is 27.8 Å². The van der Waals surface area contributed by atoms with Gasteiger partial charge in [0.25, 0.3) is 5.91 Å². The highest BCUT2D eigenvalue weighted by Gasteiger charge is 2.24. The average Bonchev–Trinajstić information content (AvgIpc) is 3.25. The quantitative estimate of drug-likeness (QED) is 0.472. The van der Waals surface area contributed by atoms with Crippen LogP contribution in [0.2, 0.25) is 0 Å². The van der Waals surface area contributed by atoms with Crippen molar-refractivity contribution in [3.05, 3.63) is 80.5 Å². The van der Waals surface area contributed by atoms with E-state index in [1.165, 1.54) is 0 Å². The lowest BCUT2D eigenvalue weighted by atomic mass is 10.1. The number of carbonyl (C=O) groups is 2.